The van der Waals surface area contributed by atoms with Crippen molar-refractivity contribution in [1.82, 2.24) is 4.31 Å². The van der Waals surface area contributed by atoms with E-state index in [1.165, 1.54) is 17.5 Å². The van der Waals surface area contributed by atoms with Crippen molar-refractivity contribution in [3.05, 3.63) is 53.1 Å². The Labute approximate surface area is 166 Å². The summed E-state index contributed by atoms with van der Waals surface area (Å²) < 4.78 is 33.1. The normalized spacial score (nSPS) is 17.5. The summed E-state index contributed by atoms with van der Waals surface area (Å²) in [6.45, 7) is 5.93. The van der Waals surface area contributed by atoms with E-state index in [1.807, 2.05) is 32.0 Å². The summed E-state index contributed by atoms with van der Waals surface area (Å²) >= 11 is 0. The summed E-state index contributed by atoms with van der Waals surface area (Å²) in [5.41, 5.74) is 3.31. The van der Waals surface area contributed by atoms with E-state index >= 15 is 0 Å². The van der Waals surface area contributed by atoms with Gasteiger partial charge in [0.25, 0.3) is 0 Å². The molecule has 150 valence electrons. The molecule has 28 heavy (non-hydrogen) atoms. The minimum absolute atomic E-state index is 0.179. The first-order chi connectivity index (χ1) is 13.2. The number of benzene rings is 2. The lowest BCUT2D eigenvalue weighted by Gasteiger charge is -2.24. The quantitative estimate of drug-likeness (QED) is 0.832. The molecule has 0 bridgehead atoms. The molecule has 1 aliphatic rings. The van der Waals surface area contributed by atoms with Gasteiger partial charge in [-0.3, -0.25) is 4.79 Å². The molecule has 2 aromatic carbocycles. The van der Waals surface area contributed by atoms with Crippen LogP contribution in [-0.2, 0) is 14.8 Å². The van der Waals surface area contributed by atoms with E-state index in [1.54, 1.807) is 19.1 Å². The van der Waals surface area contributed by atoms with Gasteiger partial charge in [-0.2, -0.15) is 4.31 Å². The first-order valence-corrected chi connectivity index (χ1v) is 10.7. The number of aryl methyl sites for hydroxylation is 3. The number of carbonyl (C=O) groups is 1. The molecule has 1 aliphatic heterocycles. The van der Waals surface area contributed by atoms with E-state index in [4.69, 9.17) is 4.74 Å². The molecule has 1 N–H and O–H groups in total. The molecule has 2 aromatic rings. The van der Waals surface area contributed by atoms with Gasteiger partial charge >= 0.3 is 0 Å². The van der Waals surface area contributed by atoms with Crippen molar-refractivity contribution in [3.63, 3.8) is 0 Å². The molecule has 0 saturated carbocycles. The fourth-order valence-electron chi connectivity index (χ4n) is 3.49. The molecule has 7 heteroatoms. The van der Waals surface area contributed by atoms with Gasteiger partial charge in [-0.25, -0.2) is 8.42 Å². The zero-order valence-electron chi connectivity index (χ0n) is 16.7. The number of methoxy groups -OCH3 is 1. The van der Waals surface area contributed by atoms with Crippen LogP contribution in [0.25, 0.3) is 0 Å². The maximum atomic E-state index is 13.3. The van der Waals surface area contributed by atoms with Crippen LogP contribution in [0.3, 0.4) is 0 Å². The molecule has 3 rings (SSSR count). The Balaban J connectivity index is 1.89. The molecule has 0 aliphatic carbocycles. The first kappa shape index (κ1) is 20.4. The number of hydrogen-bond donors (Lipinski definition) is 1. The number of anilines is 1. The molecule has 0 aromatic heterocycles. The van der Waals surface area contributed by atoms with Crippen LogP contribution in [0.1, 0.15) is 29.5 Å². The number of carbonyl (C=O) groups excluding carboxylic acids is 1. The van der Waals surface area contributed by atoms with Crippen LogP contribution < -0.4 is 10.1 Å². The maximum absolute atomic E-state index is 13.3. The largest absolute Gasteiger partial charge is 0.497 e. The Morgan fingerprint density at radius 2 is 1.82 bits per heavy atom. The van der Waals surface area contributed by atoms with Crippen LogP contribution in [-0.4, -0.2) is 38.3 Å². The molecule has 0 radical (unpaired) electrons. The van der Waals surface area contributed by atoms with E-state index in [9.17, 15) is 13.2 Å². The van der Waals surface area contributed by atoms with E-state index in [-0.39, 0.29) is 10.8 Å². The van der Waals surface area contributed by atoms with Crippen LogP contribution in [0.15, 0.2) is 41.3 Å². The first-order valence-electron chi connectivity index (χ1n) is 9.28. The van der Waals surface area contributed by atoms with E-state index in [2.05, 4.69) is 5.32 Å². The van der Waals surface area contributed by atoms with Gasteiger partial charge in [-0.15, -0.1) is 0 Å². The minimum Gasteiger partial charge on any atom is -0.497 e. The third-order valence-electron chi connectivity index (χ3n) is 5.14. The third-order valence-corrected chi connectivity index (χ3v) is 7.19. The number of ether oxygens (including phenoxy) is 1. The second-order valence-electron chi connectivity index (χ2n) is 7.21. The predicted octanol–water partition coefficient (Wildman–Crippen LogP) is 3.41. The SMILES string of the molecule is COc1ccc(C)c(S(=O)(=O)N2CCCC2C(=O)Nc2cc(C)ccc2C)c1. The van der Waals surface area contributed by atoms with Gasteiger partial charge < -0.3 is 10.1 Å². The van der Waals surface area contributed by atoms with Gasteiger partial charge in [0, 0.05) is 18.3 Å². The number of nitrogens with one attached hydrogen (secondary N) is 1. The maximum Gasteiger partial charge on any atom is 0.244 e. The van der Waals surface area contributed by atoms with Crippen molar-refractivity contribution in [2.24, 2.45) is 0 Å². The van der Waals surface area contributed by atoms with E-state index in [0.717, 1.165) is 11.1 Å². The van der Waals surface area contributed by atoms with Gasteiger partial charge in [0.15, 0.2) is 0 Å². The van der Waals surface area contributed by atoms with Gasteiger partial charge in [-0.1, -0.05) is 18.2 Å². The summed E-state index contributed by atoms with van der Waals surface area (Å²) in [6.07, 6.45) is 1.14. The van der Waals surface area contributed by atoms with Crippen molar-refractivity contribution in [3.8, 4) is 5.75 Å². The molecule has 1 heterocycles. The number of sulfonamides is 1. The van der Waals surface area contributed by atoms with Crippen LogP contribution in [0.4, 0.5) is 5.69 Å². The topological polar surface area (TPSA) is 75.7 Å². The van der Waals surface area contributed by atoms with Crippen molar-refractivity contribution in [2.75, 3.05) is 19.0 Å². The highest BCUT2D eigenvalue weighted by atomic mass is 32.2. The molecule has 1 saturated heterocycles. The molecular weight excluding hydrogens is 376 g/mol. The minimum atomic E-state index is -3.81. The summed E-state index contributed by atoms with van der Waals surface area (Å²) in [7, 11) is -2.32. The Bertz CT molecular complexity index is 1000. The average Bonchev–Trinajstić information content (AvgIpc) is 3.16. The highest BCUT2D eigenvalue weighted by Crippen LogP contribution is 2.31. The van der Waals surface area contributed by atoms with Crippen LogP contribution in [0, 0.1) is 20.8 Å². The van der Waals surface area contributed by atoms with Gasteiger partial charge in [0.1, 0.15) is 11.8 Å². The molecular formula is C21H26N2O4S. The second-order valence-corrected chi connectivity index (χ2v) is 9.07. The fourth-order valence-corrected chi connectivity index (χ4v) is 5.39. The zero-order valence-corrected chi connectivity index (χ0v) is 17.5. The van der Waals surface area contributed by atoms with Gasteiger partial charge in [0.05, 0.1) is 12.0 Å². The molecule has 1 fully saturated rings. The molecule has 1 unspecified atom stereocenters. The second kappa shape index (κ2) is 7.93. The average molecular weight is 403 g/mol. The van der Waals surface area contributed by atoms with Crippen LogP contribution in [0.2, 0.25) is 0 Å². The Morgan fingerprint density at radius 3 is 2.54 bits per heavy atom. The van der Waals surface area contributed by atoms with Crippen molar-refractivity contribution >= 4 is 21.6 Å². The highest BCUT2D eigenvalue weighted by molar-refractivity contribution is 7.89. The lowest BCUT2D eigenvalue weighted by Crippen LogP contribution is -2.43. The molecule has 1 amide bonds. The van der Waals surface area contributed by atoms with E-state index < -0.39 is 16.1 Å². The van der Waals surface area contributed by atoms with Crippen molar-refractivity contribution in [1.29, 1.82) is 0 Å². The summed E-state index contributed by atoms with van der Waals surface area (Å²) in [5.74, 6) is 0.176. The van der Waals surface area contributed by atoms with Crippen molar-refractivity contribution < 1.29 is 17.9 Å². The van der Waals surface area contributed by atoms with Crippen molar-refractivity contribution in [2.45, 2.75) is 44.6 Å². The molecule has 1 atom stereocenters. The van der Waals surface area contributed by atoms with Gasteiger partial charge in [0.2, 0.25) is 15.9 Å². The van der Waals surface area contributed by atoms with Crippen LogP contribution in [0.5, 0.6) is 5.75 Å². The zero-order chi connectivity index (χ0) is 20.5. The number of nitrogens with zero attached hydrogens (tertiary/aromatic N) is 1. The standard InChI is InChI=1S/C21H26N2O4S/c1-14-7-8-15(2)18(12-14)22-21(24)19-6-5-11-23(19)28(25,26)20-13-17(27-4)10-9-16(20)3/h7-10,12-13,19H,5-6,11H2,1-4H3,(H,22,24). The van der Waals surface area contributed by atoms with Crippen LogP contribution >= 0.6 is 0 Å². The highest BCUT2D eigenvalue weighted by Gasteiger charge is 2.40. The monoisotopic (exact) mass is 402 g/mol. The smallest absolute Gasteiger partial charge is 0.244 e. The Hall–Kier alpha value is -2.38. The number of amides is 1. The summed E-state index contributed by atoms with van der Waals surface area (Å²) in [4.78, 5) is 13.1. The van der Waals surface area contributed by atoms with Gasteiger partial charge in [-0.05, 0) is 62.4 Å². The summed E-state index contributed by atoms with van der Waals surface area (Å²) in [5, 5.41) is 2.91. The predicted molar refractivity (Wildman–Crippen MR) is 109 cm³/mol. The summed E-state index contributed by atoms with van der Waals surface area (Å²) in [6, 6.07) is 10.0. The lowest BCUT2D eigenvalue weighted by atomic mass is 10.1. The molecule has 6 nitrogen and oxygen atoms in total. The Morgan fingerprint density at radius 1 is 1.11 bits per heavy atom. The van der Waals surface area contributed by atoms with E-state index in [0.29, 0.717) is 36.4 Å². The number of hydrogen-bond acceptors (Lipinski definition) is 4. The number of rotatable bonds is 5. The Kier molecular flexibility index (Phi) is 5.76. The fraction of sp³-hybridized carbons (Fsp3) is 0.381. The lowest BCUT2D eigenvalue weighted by molar-refractivity contribution is -0.119. The molecule has 0 spiro atoms. The third kappa shape index (κ3) is 3.91.